The summed E-state index contributed by atoms with van der Waals surface area (Å²) in [5.74, 6) is -0.178. The predicted molar refractivity (Wildman–Crippen MR) is 110 cm³/mol. The third kappa shape index (κ3) is 3.46. The second kappa shape index (κ2) is 7.13. The molecule has 1 N–H and O–H groups in total. The van der Waals surface area contributed by atoms with Crippen molar-refractivity contribution in [2.24, 2.45) is 0 Å². The zero-order valence-corrected chi connectivity index (χ0v) is 16.4. The molecule has 7 heteroatoms. The van der Waals surface area contributed by atoms with Gasteiger partial charge in [-0.1, -0.05) is 23.7 Å². The highest BCUT2D eigenvalue weighted by Crippen LogP contribution is 2.32. The number of amides is 1. The maximum Gasteiger partial charge on any atom is 0.246 e. The van der Waals surface area contributed by atoms with E-state index in [-0.39, 0.29) is 12.5 Å². The zero-order valence-electron chi connectivity index (χ0n) is 14.9. The summed E-state index contributed by atoms with van der Waals surface area (Å²) in [6, 6.07) is 11.5. The van der Waals surface area contributed by atoms with Crippen LogP contribution in [0.3, 0.4) is 0 Å². The first-order valence-electron chi connectivity index (χ1n) is 8.45. The minimum absolute atomic E-state index is 0.0801. The predicted octanol–water partition coefficient (Wildman–Crippen LogP) is 5.07. The Morgan fingerprint density at radius 1 is 1.26 bits per heavy atom. The van der Waals surface area contributed by atoms with Gasteiger partial charge in [-0.05, 0) is 49.1 Å². The van der Waals surface area contributed by atoms with E-state index in [0.29, 0.717) is 16.4 Å². The van der Waals surface area contributed by atoms with Crippen molar-refractivity contribution < 1.29 is 4.79 Å². The number of aromatic nitrogens is 3. The van der Waals surface area contributed by atoms with Crippen molar-refractivity contribution in [1.29, 1.82) is 0 Å². The number of carbonyl (C=O) groups excluding carboxylic acids is 1. The van der Waals surface area contributed by atoms with E-state index in [1.165, 1.54) is 0 Å². The van der Waals surface area contributed by atoms with Crippen molar-refractivity contribution in [1.82, 2.24) is 14.8 Å². The normalized spacial score (nSPS) is 11.1. The molecule has 0 bridgehead atoms. The van der Waals surface area contributed by atoms with Crippen molar-refractivity contribution in [2.45, 2.75) is 20.4 Å². The lowest BCUT2D eigenvalue weighted by molar-refractivity contribution is -0.116. The lowest BCUT2D eigenvalue weighted by Crippen LogP contribution is -2.19. The molecule has 0 saturated heterocycles. The molecular weight excluding hydrogens is 380 g/mol. The van der Waals surface area contributed by atoms with Gasteiger partial charge < -0.3 is 5.32 Å². The first-order valence-corrected chi connectivity index (χ1v) is 9.70. The van der Waals surface area contributed by atoms with Crippen molar-refractivity contribution in [2.75, 3.05) is 5.32 Å². The average Bonchev–Trinajstić information content (AvgIpc) is 3.27. The Morgan fingerprint density at radius 3 is 2.85 bits per heavy atom. The van der Waals surface area contributed by atoms with Gasteiger partial charge in [0, 0.05) is 27.3 Å². The number of fused-ring (bicyclic) bond motifs is 1. The van der Waals surface area contributed by atoms with Crippen LogP contribution in [0.4, 0.5) is 5.69 Å². The zero-order chi connectivity index (χ0) is 19.0. The van der Waals surface area contributed by atoms with Crippen molar-refractivity contribution in [3.63, 3.8) is 0 Å². The average molecular weight is 397 g/mol. The topological polar surface area (TPSA) is 59.8 Å². The van der Waals surface area contributed by atoms with Crippen LogP contribution in [0.25, 0.3) is 21.5 Å². The molecule has 1 aromatic carbocycles. The number of aryl methyl sites for hydroxylation is 2. The van der Waals surface area contributed by atoms with Crippen molar-refractivity contribution in [3.8, 4) is 10.4 Å². The summed E-state index contributed by atoms with van der Waals surface area (Å²) in [6.07, 6.45) is 1.76. The fourth-order valence-corrected chi connectivity index (χ4v) is 3.97. The van der Waals surface area contributed by atoms with E-state index < -0.39 is 0 Å². The second-order valence-electron chi connectivity index (χ2n) is 6.29. The SMILES string of the molecule is Cc1ccc(NC(=O)Cn2nc(C)c3c(-c4cccs4)ccnc32)cc1Cl. The van der Waals surface area contributed by atoms with Gasteiger partial charge in [-0.15, -0.1) is 11.3 Å². The van der Waals surface area contributed by atoms with E-state index in [2.05, 4.69) is 21.5 Å². The fraction of sp³-hybridized carbons (Fsp3) is 0.150. The van der Waals surface area contributed by atoms with Gasteiger partial charge >= 0.3 is 0 Å². The van der Waals surface area contributed by atoms with E-state index in [4.69, 9.17) is 11.6 Å². The molecule has 0 fully saturated rings. The molecule has 0 aliphatic heterocycles. The molecule has 0 atom stereocenters. The molecule has 0 aliphatic rings. The highest BCUT2D eigenvalue weighted by Gasteiger charge is 2.16. The summed E-state index contributed by atoms with van der Waals surface area (Å²) in [5, 5.41) is 11.1. The third-order valence-corrected chi connectivity index (χ3v) is 5.65. The Labute approximate surface area is 165 Å². The van der Waals surface area contributed by atoms with E-state index in [0.717, 1.165) is 27.1 Å². The summed E-state index contributed by atoms with van der Waals surface area (Å²) in [6.45, 7) is 3.94. The molecular formula is C20H17ClN4OS. The third-order valence-electron chi connectivity index (χ3n) is 4.34. The largest absolute Gasteiger partial charge is 0.324 e. The maximum atomic E-state index is 12.5. The van der Waals surface area contributed by atoms with E-state index in [1.807, 2.05) is 43.5 Å². The number of benzene rings is 1. The summed E-state index contributed by atoms with van der Waals surface area (Å²) in [4.78, 5) is 18.1. The Balaban J connectivity index is 1.63. The van der Waals surface area contributed by atoms with Gasteiger partial charge in [-0.3, -0.25) is 4.79 Å². The van der Waals surface area contributed by atoms with Crippen LogP contribution in [0.15, 0.2) is 48.0 Å². The van der Waals surface area contributed by atoms with E-state index >= 15 is 0 Å². The van der Waals surface area contributed by atoms with Crippen molar-refractivity contribution >= 4 is 45.6 Å². The molecule has 0 radical (unpaired) electrons. The number of thiophene rings is 1. The molecule has 5 nitrogen and oxygen atoms in total. The molecule has 0 unspecified atom stereocenters. The monoisotopic (exact) mass is 396 g/mol. The van der Waals surface area contributed by atoms with Crippen LogP contribution < -0.4 is 5.32 Å². The van der Waals surface area contributed by atoms with E-state index in [9.17, 15) is 4.79 Å². The molecule has 1 amide bonds. The molecule has 3 heterocycles. The summed E-state index contributed by atoms with van der Waals surface area (Å²) in [5.41, 5.74) is 4.28. The number of carbonyl (C=O) groups is 1. The molecule has 4 aromatic rings. The lowest BCUT2D eigenvalue weighted by Gasteiger charge is -2.08. The standard InChI is InChI=1S/C20H17ClN4OS/c1-12-5-6-14(10-16(12)21)23-18(26)11-25-20-19(13(2)24-25)15(7-8-22-20)17-4-3-9-27-17/h3-10H,11H2,1-2H3,(H,23,26). The lowest BCUT2D eigenvalue weighted by atomic mass is 10.1. The number of nitrogens with one attached hydrogen (secondary N) is 1. The van der Waals surface area contributed by atoms with Gasteiger partial charge in [0.2, 0.25) is 5.91 Å². The van der Waals surface area contributed by atoms with Gasteiger partial charge in [0.25, 0.3) is 0 Å². The van der Waals surface area contributed by atoms with Crippen LogP contribution in [0.5, 0.6) is 0 Å². The number of pyridine rings is 1. The number of rotatable bonds is 4. The highest BCUT2D eigenvalue weighted by molar-refractivity contribution is 7.13. The molecule has 27 heavy (non-hydrogen) atoms. The van der Waals surface area contributed by atoms with Gasteiger partial charge in [0.05, 0.1) is 11.1 Å². The number of hydrogen-bond donors (Lipinski definition) is 1. The smallest absolute Gasteiger partial charge is 0.246 e. The van der Waals surface area contributed by atoms with Crippen LogP contribution in [0, 0.1) is 13.8 Å². The minimum Gasteiger partial charge on any atom is -0.324 e. The quantitative estimate of drug-likeness (QED) is 0.524. The van der Waals surface area contributed by atoms with Gasteiger partial charge in [-0.25, -0.2) is 9.67 Å². The number of nitrogens with zero attached hydrogens (tertiary/aromatic N) is 3. The molecule has 3 aromatic heterocycles. The summed E-state index contributed by atoms with van der Waals surface area (Å²) in [7, 11) is 0. The van der Waals surface area contributed by atoms with Crippen LogP contribution in [-0.2, 0) is 11.3 Å². The van der Waals surface area contributed by atoms with Crippen LogP contribution in [0.2, 0.25) is 5.02 Å². The summed E-state index contributed by atoms with van der Waals surface area (Å²) < 4.78 is 1.65. The number of hydrogen-bond acceptors (Lipinski definition) is 4. The highest BCUT2D eigenvalue weighted by atomic mass is 35.5. The maximum absolute atomic E-state index is 12.5. The molecule has 0 aliphatic carbocycles. The van der Waals surface area contributed by atoms with Crippen molar-refractivity contribution in [3.05, 3.63) is 64.3 Å². The molecule has 136 valence electrons. The van der Waals surface area contributed by atoms with Gasteiger partial charge in [0.15, 0.2) is 5.65 Å². The molecule has 0 saturated carbocycles. The van der Waals surface area contributed by atoms with Crippen LogP contribution in [-0.4, -0.2) is 20.7 Å². The first kappa shape index (κ1) is 17.7. The Hall–Kier alpha value is -2.70. The Morgan fingerprint density at radius 2 is 2.11 bits per heavy atom. The minimum atomic E-state index is -0.178. The molecule has 0 spiro atoms. The van der Waals surface area contributed by atoms with Gasteiger partial charge in [0.1, 0.15) is 6.54 Å². The van der Waals surface area contributed by atoms with Crippen LogP contribution >= 0.6 is 22.9 Å². The van der Waals surface area contributed by atoms with Gasteiger partial charge in [-0.2, -0.15) is 5.10 Å². The second-order valence-corrected chi connectivity index (χ2v) is 7.64. The van der Waals surface area contributed by atoms with E-state index in [1.54, 1.807) is 28.3 Å². The Bertz CT molecular complexity index is 1130. The first-order chi connectivity index (χ1) is 13.0. The van der Waals surface area contributed by atoms with Crippen LogP contribution in [0.1, 0.15) is 11.3 Å². The number of halogens is 1. The molecule has 4 rings (SSSR count). The summed E-state index contributed by atoms with van der Waals surface area (Å²) >= 11 is 7.80. The fourth-order valence-electron chi connectivity index (χ4n) is 3.04. The Kier molecular flexibility index (Phi) is 4.68. The number of anilines is 1.